The molecule has 0 saturated carbocycles. The SMILES string of the molecule is CC(C)OC(=O)N1CC(Oc2nc(-c3cccc(C#N)c3)nc(N)c2C(=O)N=O)C1. The number of nitriles is 1. The van der Waals surface area contributed by atoms with Crippen LogP contribution in [-0.2, 0) is 4.74 Å². The molecule has 1 aliphatic heterocycles. The number of hydrogen-bond acceptors (Lipinski definition) is 9. The second kappa shape index (κ2) is 8.52. The van der Waals surface area contributed by atoms with E-state index < -0.39 is 18.1 Å². The average molecular weight is 410 g/mol. The smallest absolute Gasteiger partial charge is 0.410 e. The minimum absolute atomic E-state index is 0.109. The fraction of sp³-hybridized carbons (Fsp3) is 0.316. The molecular weight excluding hydrogens is 392 g/mol. The monoisotopic (exact) mass is 410 g/mol. The molecule has 0 bridgehead atoms. The maximum Gasteiger partial charge on any atom is 0.410 e. The van der Waals surface area contributed by atoms with Gasteiger partial charge in [-0.1, -0.05) is 12.1 Å². The first-order valence-electron chi connectivity index (χ1n) is 9.00. The Bertz CT molecular complexity index is 1040. The minimum atomic E-state index is -1.17. The predicted octanol–water partition coefficient (Wildman–Crippen LogP) is 2.11. The summed E-state index contributed by atoms with van der Waals surface area (Å²) in [6, 6.07) is 8.46. The molecule has 3 rings (SSSR count). The molecule has 0 aliphatic carbocycles. The Labute approximate surface area is 171 Å². The van der Waals surface area contributed by atoms with E-state index >= 15 is 0 Å². The number of hydrogen-bond donors (Lipinski definition) is 1. The summed E-state index contributed by atoms with van der Waals surface area (Å²) in [4.78, 5) is 44.3. The highest BCUT2D eigenvalue weighted by atomic mass is 16.6. The maximum absolute atomic E-state index is 11.9. The van der Waals surface area contributed by atoms with E-state index in [1.54, 1.807) is 38.1 Å². The number of likely N-dealkylation sites (tertiary alicyclic amines) is 1. The molecule has 30 heavy (non-hydrogen) atoms. The second-order valence-electron chi connectivity index (χ2n) is 6.78. The van der Waals surface area contributed by atoms with Crippen LogP contribution in [0.3, 0.4) is 0 Å². The van der Waals surface area contributed by atoms with E-state index in [0.717, 1.165) is 0 Å². The van der Waals surface area contributed by atoms with Crippen molar-refractivity contribution in [2.24, 2.45) is 5.18 Å². The number of nitroso groups, excluding NO2 is 1. The summed E-state index contributed by atoms with van der Waals surface area (Å²) in [5.41, 5.74) is 6.37. The first kappa shape index (κ1) is 20.7. The number of nitrogen functional groups attached to an aromatic ring is 1. The lowest BCUT2D eigenvalue weighted by molar-refractivity contribution is -0.000358. The third-order valence-electron chi connectivity index (χ3n) is 4.17. The molecule has 2 aromatic rings. The highest BCUT2D eigenvalue weighted by Crippen LogP contribution is 2.29. The van der Waals surface area contributed by atoms with Gasteiger partial charge in [0.2, 0.25) is 5.88 Å². The number of amides is 2. The Morgan fingerprint density at radius 2 is 2.07 bits per heavy atom. The van der Waals surface area contributed by atoms with E-state index in [1.165, 1.54) is 4.90 Å². The van der Waals surface area contributed by atoms with Gasteiger partial charge in [0.15, 0.2) is 5.82 Å². The van der Waals surface area contributed by atoms with Crippen LogP contribution in [0.15, 0.2) is 29.4 Å². The molecule has 0 radical (unpaired) electrons. The van der Waals surface area contributed by atoms with Gasteiger partial charge in [0, 0.05) is 10.7 Å². The zero-order valence-corrected chi connectivity index (χ0v) is 16.2. The van der Waals surface area contributed by atoms with E-state index in [9.17, 15) is 14.5 Å². The summed E-state index contributed by atoms with van der Waals surface area (Å²) in [6.07, 6.45) is -1.23. The number of rotatable bonds is 5. The van der Waals surface area contributed by atoms with Gasteiger partial charge in [0.1, 0.15) is 17.5 Å². The summed E-state index contributed by atoms with van der Waals surface area (Å²) in [7, 11) is 0. The highest BCUT2D eigenvalue weighted by Gasteiger charge is 2.35. The van der Waals surface area contributed by atoms with Crippen molar-refractivity contribution in [2.75, 3.05) is 18.8 Å². The topological polar surface area (TPSA) is 161 Å². The average Bonchev–Trinajstić information content (AvgIpc) is 2.68. The van der Waals surface area contributed by atoms with Crippen molar-refractivity contribution in [1.29, 1.82) is 5.26 Å². The molecule has 1 fully saturated rings. The number of anilines is 1. The van der Waals surface area contributed by atoms with E-state index in [-0.39, 0.29) is 42.3 Å². The number of nitrogens with two attached hydrogens (primary N) is 1. The molecule has 2 N–H and O–H groups in total. The van der Waals surface area contributed by atoms with Crippen molar-refractivity contribution < 1.29 is 19.1 Å². The van der Waals surface area contributed by atoms with Crippen molar-refractivity contribution in [3.8, 4) is 23.3 Å². The molecule has 11 nitrogen and oxygen atoms in total. The Morgan fingerprint density at radius 1 is 1.33 bits per heavy atom. The van der Waals surface area contributed by atoms with Crippen LogP contribution < -0.4 is 10.5 Å². The van der Waals surface area contributed by atoms with Gasteiger partial charge < -0.3 is 20.1 Å². The molecule has 1 aromatic carbocycles. The van der Waals surface area contributed by atoms with Gasteiger partial charge >= 0.3 is 12.0 Å². The van der Waals surface area contributed by atoms with Crippen LogP contribution in [0, 0.1) is 16.2 Å². The molecule has 0 unspecified atom stereocenters. The van der Waals surface area contributed by atoms with Crippen molar-refractivity contribution in [1.82, 2.24) is 14.9 Å². The summed E-state index contributed by atoms with van der Waals surface area (Å²) < 4.78 is 10.8. The molecule has 2 heterocycles. The maximum atomic E-state index is 11.9. The second-order valence-corrected chi connectivity index (χ2v) is 6.78. The molecule has 154 valence electrons. The van der Waals surface area contributed by atoms with Gasteiger partial charge in [-0.2, -0.15) is 10.2 Å². The third kappa shape index (κ3) is 4.33. The third-order valence-corrected chi connectivity index (χ3v) is 4.17. The standard InChI is InChI=1S/C19H18N6O5/c1-10(2)29-19(27)25-8-13(9-25)30-18-14(17(26)24-28)15(21)22-16(23-18)12-5-3-4-11(6-12)7-20/h3-6,10,13H,8-9H2,1-2H3,(H2,21,22,23). The zero-order chi connectivity index (χ0) is 21.8. The summed E-state index contributed by atoms with van der Waals surface area (Å²) in [5, 5.41) is 11.5. The Kier molecular flexibility index (Phi) is 5.87. The minimum Gasteiger partial charge on any atom is -0.470 e. The van der Waals surface area contributed by atoms with Crippen LogP contribution in [0.2, 0.25) is 0 Å². The van der Waals surface area contributed by atoms with Gasteiger partial charge in [-0.3, -0.25) is 4.79 Å². The van der Waals surface area contributed by atoms with Crippen LogP contribution in [0.4, 0.5) is 10.6 Å². The fourth-order valence-corrected chi connectivity index (χ4v) is 2.74. The predicted molar refractivity (Wildman–Crippen MR) is 104 cm³/mol. The number of nitrogens with zero attached hydrogens (tertiary/aromatic N) is 5. The van der Waals surface area contributed by atoms with Gasteiger partial charge in [0.25, 0.3) is 0 Å². The number of aromatic nitrogens is 2. The summed E-state index contributed by atoms with van der Waals surface area (Å²) >= 11 is 0. The molecule has 2 amide bonds. The number of ether oxygens (including phenoxy) is 2. The van der Waals surface area contributed by atoms with Gasteiger partial charge in [-0.05, 0) is 26.0 Å². The van der Waals surface area contributed by atoms with E-state index in [4.69, 9.17) is 20.5 Å². The molecule has 11 heteroatoms. The number of benzene rings is 1. The van der Waals surface area contributed by atoms with Gasteiger partial charge in [-0.25, -0.2) is 9.78 Å². The zero-order valence-electron chi connectivity index (χ0n) is 16.2. The first-order valence-corrected chi connectivity index (χ1v) is 9.00. The van der Waals surface area contributed by atoms with E-state index in [2.05, 4.69) is 15.1 Å². The highest BCUT2D eigenvalue weighted by molar-refractivity contribution is 6.01. The van der Waals surface area contributed by atoms with Crippen molar-refractivity contribution >= 4 is 17.8 Å². The van der Waals surface area contributed by atoms with Gasteiger partial charge in [-0.15, -0.1) is 4.91 Å². The Hall–Kier alpha value is -4.07. The van der Waals surface area contributed by atoms with E-state index in [1.807, 2.05) is 6.07 Å². The van der Waals surface area contributed by atoms with Crippen molar-refractivity contribution in [3.63, 3.8) is 0 Å². The fourth-order valence-electron chi connectivity index (χ4n) is 2.74. The molecule has 1 saturated heterocycles. The lowest BCUT2D eigenvalue weighted by atomic mass is 10.1. The largest absolute Gasteiger partial charge is 0.470 e. The first-order chi connectivity index (χ1) is 14.3. The summed E-state index contributed by atoms with van der Waals surface area (Å²) in [5.74, 6) is -1.56. The van der Waals surface area contributed by atoms with Gasteiger partial charge in [0.05, 0.1) is 30.8 Å². The molecule has 1 aliphatic rings. The lowest BCUT2D eigenvalue weighted by Gasteiger charge is -2.38. The Balaban J connectivity index is 1.87. The van der Waals surface area contributed by atoms with Crippen LogP contribution in [0.1, 0.15) is 29.8 Å². The molecule has 0 spiro atoms. The quantitative estimate of drug-likeness (QED) is 0.728. The number of carbonyl (C=O) groups excluding carboxylic acids is 2. The van der Waals surface area contributed by atoms with Crippen LogP contribution in [0.25, 0.3) is 11.4 Å². The van der Waals surface area contributed by atoms with Crippen LogP contribution in [-0.4, -0.2) is 52.2 Å². The number of carbonyl (C=O) groups is 2. The summed E-state index contributed by atoms with van der Waals surface area (Å²) in [6.45, 7) is 3.89. The van der Waals surface area contributed by atoms with Crippen molar-refractivity contribution in [3.05, 3.63) is 40.3 Å². The normalized spacial score (nSPS) is 13.3. The Morgan fingerprint density at radius 3 is 2.70 bits per heavy atom. The van der Waals surface area contributed by atoms with Crippen LogP contribution >= 0.6 is 0 Å². The van der Waals surface area contributed by atoms with E-state index in [0.29, 0.717) is 11.1 Å². The molecular formula is C19H18N6O5. The molecule has 0 atom stereocenters. The molecule has 1 aromatic heterocycles. The lowest BCUT2D eigenvalue weighted by Crippen LogP contribution is -2.56. The van der Waals surface area contributed by atoms with Crippen LogP contribution in [0.5, 0.6) is 5.88 Å². The van der Waals surface area contributed by atoms with Crippen molar-refractivity contribution in [2.45, 2.75) is 26.1 Å².